The first kappa shape index (κ1) is 17.9. The van der Waals surface area contributed by atoms with Gasteiger partial charge in [0.15, 0.2) is 5.13 Å². The Hall–Kier alpha value is -2.94. The number of rotatable bonds is 4. The predicted molar refractivity (Wildman–Crippen MR) is 94.9 cm³/mol. The minimum Gasteiger partial charge on any atom is -0.375 e. The zero-order valence-electron chi connectivity index (χ0n) is 13.2. The van der Waals surface area contributed by atoms with E-state index in [1.54, 1.807) is 18.2 Å². The van der Waals surface area contributed by atoms with Gasteiger partial charge >= 0.3 is 6.18 Å². The summed E-state index contributed by atoms with van der Waals surface area (Å²) in [7, 11) is 0. The normalized spacial score (nSPS) is 12.0. The number of nitrogen functional groups attached to an aromatic ring is 1. The molecule has 0 fully saturated rings. The predicted octanol–water partition coefficient (Wildman–Crippen LogP) is 3.59. The number of anilines is 1. The van der Waals surface area contributed by atoms with Crippen LogP contribution in [0.3, 0.4) is 0 Å². The number of nitrogens with two attached hydrogens (primary N) is 1. The molecule has 0 spiro atoms. The Morgan fingerprint density at radius 2 is 2.04 bits per heavy atom. The highest BCUT2D eigenvalue weighted by Gasteiger charge is 2.32. The van der Waals surface area contributed by atoms with E-state index in [0.29, 0.717) is 5.13 Å². The van der Waals surface area contributed by atoms with Gasteiger partial charge in [-0.2, -0.15) is 18.3 Å². The van der Waals surface area contributed by atoms with Crippen LogP contribution in [0.4, 0.5) is 18.3 Å². The average molecular weight is 378 g/mol. The maximum absolute atomic E-state index is 12.9. The molecule has 0 aliphatic heterocycles. The second kappa shape index (κ2) is 7.12. The van der Waals surface area contributed by atoms with E-state index >= 15 is 0 Å². The number of nitrogens with zero attached hydrogens (tertiary/aromatic N) is 2. The van der Waals surface area contributed by atoms with Gasteiger partial charge in [0.25, 0.3) is 0 Å². The van der Waals surface area contributed by atoms with Gasteiger partial charge in [0, 0.05) is 5.56 Å². The summed E-state index contributed by atoms with van der Waals surface area (Å²) in [5, 5.41) is 4.06. The quantitative estimate of drug-likeness (QED) is 0.538. The Morgan fingerprint density at radius 1 is 1.27 bits per heavy atom. The van der Waals surface area contributed by atoms with Crippen LogP contribution in [0.25, 0.3) is 10.2 Å². The summed E-state index contributed by atoms with van der Waals surface area (Å²) in [5.74, 6) is -0.442. The molecule has 0 atom stereocenters. The first-order valence-electron chi connectivity index (χ1n) is 7.46. The molecule has 0 saturated carbocycles. The first-order chi connectivity index (χ1) is 12.3. The third kappa shape index (κ3) is 4.17. The van der Waals surface area contributed by atoms with Crippen molar-refractivity contribution in [2.45, 2.75) is 12.6 Å². The number of carbonyl (C=O) groups excluding carboxylic acids is 1. The molecule has 0 bridgehead atoms. The van der Waals surface area contributed by atoms with E-state index in [0.717, 1.165) is 28.1 Å². The molecule has 26 heavy (non-hydrogen) atoms. The molecule has 0 unspecified atom stereocenters. The highest BCUT2D eigenvalue weighted by molar-refractivity contribution is 7.22. The molecule has 3 aromatic rings. The van der Waals surface area contributed by atoms with E-state index in [2.05, 4.69) is 15.5 Å². The molecule has 1 heterocycles. The lowest BCUT2D eigenvalue weighted by Crippen LogP contribution is -2.20. The van der Waals surface area contributed by atoms with Gasteiger partial charge in [0.2, 0.25) is 5.91 Å². The summed E-state index contributed by atoms with van der Waals surface area (Å²) in [6, 6.07) is 10.3. The monoisotopic (exact) mass is 378 g/mol. The van der Waals surface area contributed by atoms with Crippen LogP contribution in [0.1, 0.15) is 16.7 Å². The first-order valence-corrected chi connectivity index (χ1v) is 8.27. The molecule has 1 aromatic heterocycles. The van der Waals surface area contributed by atoms with E-state index in [4.69, 9.17) is 5.73 Å². The van der Waals surface area contributed by atoms with Crippen molar-refractivity contribution in [1.82, 2.24) is 10.4 Å². The number of halogens is 3. The van der Waals surface area contributed by atoms with Gasteiger partial charge in [0.05, 0.1) is 28.4 Å². The number of alkyl halides is 3. The van der Waals surface area contributed by atoms with Crippen LogP contribution in [0.15, 0.2) is 47.6 Å². The van der Waals surface area contributed by atoms with Crippen LogP contribution in [-0.4, -0.2) is 17.1 Å². The highest BCUT2D eigenvalue weighted by Crippen LogP contribution is 2.31. The van der Waals surface area contributed by atoms with Crippen molar-refractivity contribution in [2.75, 3.05) is 5.73 Å². The molecule has 3 rings (SSSR count). The molecule has 2 aromatic carbocycles. The van der Waals surface area contributed by atoms with Gasteiger partial charge in [-0.05, 0) is 23.8 Å². The number of thiazole rings is 1. The second-order valence-corrected chi connectivity index (χ2v) is 6.47. The molecule has 3 N–H and O–H groups in total. The van der Waals surface area contributed by atoms with Crippen LogP contribution in [-0.2, 0) is 17.4 Å². The summed E-state index contributed by atoms with van der Waals surface area (Å²) >= 11 is 1.31. The van der Waals surface area contributed by atoms with Crippen LogP contribution in [0.5, 0.6) is 0 Å². The van der Waals surface area contributed by atoms with Crippen molar-refractivity contribution < 1.29 is 18.0 Å². The van der Waals surface area contributed by atoms with Gasteiger partial charge in [-0.25, -0.2) is 10.4 Å². The number of nitrogens with one attached hydrogen (secondary N) is 1. The summed E-state index contributed by atoms with van der Waals surface area (Å²) in [5.41, 5.74) is 8.41. The second-order valence-electron chi connectivity index (χ2n) is 5.41. The summed E-state index contributed by atoms with van der Waals surface area (Å²) in [6.45, 7) is 0. The Morgan fingerprint density at radius 3 is 2.81 bits per heavy atom. The topological polar surface area (TPSA) is 80.4 Å². The third-order valence-corrected chi connectivity index (χ3v) is 4.34. The molecular formula is C17H13F3N4OS. The maximum atomic E-state index is 12.9. The maximum Gasteiger partial charge on any atom is 0.417 e. The van der Waals surface area contributed by atoms with Crippen LogP contribution >= 0.6 is 11.3 Å². The van der Waals surface area contributed by atoms with E-state index in [-0.39, 0.29) is 12.0 Å². The number of aromatic nitrogens is 1. The lowest BCUT2D eigenvalue weighted by atomic mass is 10.1. The smallest absolute Gasteiger partial charge is 0.375 e. The fraction of sp³-hybridized carbons (Fsp3) is 0.118. The number of hydrogen-bond acceptors (Lipinski definition) is 5. The zero-order chi connectivity index (χ0) is 18.7. The number of amides is 1. The minimum atomic E-state index is -4.49. The molecule has 134 valence electrons. The molecule has 0 saturated heterocycles. The van der Waals surface area contributed by atoms with Crippen molar-refractivity contribution >= 4 is 38.8 Å². The number of hydrogen-bond donors (Lipinski definition) is 2. The van der Waals surface area contributed by atoms with Crippen LogP contribution in [0, 0.1) is 0 Å². The van der Waals surface area contributed by atoms with E-state index in [9.17, 15) is 18.0 Å². The molecule has 0 radical (unpaired) electrons. The van der Waals surface area contributed by atoms with Gasteiger partial charge in [-0.3, -0.25) is 4.79 Å². The Bertz CT molecular complexity index is 982. The Balaban J connectivity index is 1.66. The zero-order valence-corrected chi connectivity index (χ0v) is 14.1. The minimum absolute atomic E-state index is 0.0337. The molecule has 0 aliphatic rings. The molecule has 1 amide bonds. The lowest BCUT2D eigenvalue weighted by molar-refractivity contribution is -0.137. The van der Waals surface area contributed by atoms with Crippen LogP contribution in [0.2, 0.25) is 0 Å². The molecule has 9 heteroatoms. The van der Waals surface area contributed by atoms with Gasteiger partial charge in [-0.15, -0.1) is 0 Å². The van der Waals surface area contributed by atoms with Gasteiger partial charge in [-0.1, -0.05) is 35.6 Å². The fourth-order valence-corrected chi connectivity index (χ4v) is 3.16. The average Bonchev–Trinajstić information content (AvgIpc) is 2.93. The molecular weight excluding hydrogens is 365 g/mol. The van der Waals surface area contributed by atoms with E-state index in [1.807, 2.05) is 0 Å². The largest absolute Gasteiger partial charge is 0.417 e. The molecule has 5 nitrogen and oxygen atoms in total. The van der Waals surface area contributed by atoms with Crippen molar-refractivity contribution in [3.05, 3.63) is 59.2 Å². The van der Waals surface area contributed by atoms with E-state index in [1.165, 1.54) is 29.5 Å². The summed E-state index contributed by atoms with van der Waals surface area (Å²) < 4.78 is 39.5. The third-order valence-electron chi connectivity index (χ3n) is 3.49. The van der Waals surface area contributed by atoms with Crippen molar-refractivity contribution in [3.8, 4) is 0 Å². The van der Waals surface area contributed by atoms with E-state index < -0.39 is 17.6 Å². The Kier molecular flexibility index (Phi) is 4.90. The molecule has 0 aliphatic carbocycles. The lowest BCUT2D eigenvalue weighted by Gasteiger charge is -2.09. The SMILES string of the molecule is Nc1nc2ccc(CC(=O)N/N=C\c3ccccc3C(F)(F)F)cc2s1. The number of carbonyl (C=O) groups is 1. The Labute approximate surface area is 150 Å². The highest BCUT2D eigenvalue weighted by atomic mass is 32.1. The van der Waals surface area contributed by atoms with Gasteiger partial charge in [0.1, 0.15) is 0 Å². The fourth-order valence-electron chi connectivity index (χ4n) is 2.36. The van der Waals surface area contributed by atoms with Gasteiger partial charge < -0.3 is 5.73 Å². The number of benzene rings is 2. The van der Waals surface area contributed by atoms with Crippen LogP contribution < -0.4 is 11.2 Å². The van der Waals surface area contributed by atoms with Crippen molar-refractivity contribution in [3.63, 3.8) is 0 Å². The number of hydrazone groups is 1. The number of fused-ring (bicyclic) bond motifs is 1. The summed E-state index contributed by atoms with van der Waals surface area (Å²) in [6.07, 6.45) is -3.47. The van der Waals surface area contributed by atoms with Crippen molar-refractivity contribution in [1.29, 1.82) is 0 Å². The summed E-state index contributed by atoms with van der Waals surface area (Å²) in [4.78, 5) is 16.1. The standard InChI is InChI=1S/C17H13F3N4OS/c18-17(19,20)12-4-2-1-3-11(12)9-22-24-15(25)8-10-5-6-13-14(7-10)26-16(21)23-13/h1-7,9H,8H2,(H2,21,23)(H,24,25)/b22-9-. The van der Waals surface area contributed by atoms with Crippen molar-refractivity contribution in [2.24, 2.45) is 5.10 Å².